The summed E-state index contributed by atoms with van der Waals surface area (Å²) in [5, 5.41) is 31.2. The highest BCUT2D eigenvalue weighted by Gasteiger charge is 2.21. The van der Waals surface area contributed by atoms with E-state index in [0.717, 1.165) is 50.4 Å². The molecule has 180 valence electrons. The van der Waals surface area contributed by atoms with Crippen LogP contribution in [0.3, 0.4) is 0 Å². The Balaban J connectivity index is 1.90. The van der Waals surface area contributed by atoms with Crippen LogP contribution in [-0.4, -0.2) is 15.3 Å². The molecule has 0 bridgehead atoms. The number of aromatic hydroxyl groups is 3. The van der Waals surface area contributed by atoms with Gasteiger partial charge in [0.1, 0.15) is 28.7 Å². The molecule has 0 unspecified atom stereocenters. The second-order valence-electron chi connectivity index (χ2n) is 9.12. The van der Waals surface area contributed by atoms with Gasteiger partial charge in [0.2, 0.25) is 0 Å². The molecule has 4 aromatic carbocycles. The molecule has 4 rings (SSSR count). The molecule has 35 heavy (non-hydrogen) atoms. The van der Waals surface area contributed by atoms with Gasteiger partial charge in [-0.25, -0.2) is 0 Å². The summed E-state index contributed by atoms with van der Waals surface area (Å²) in [5.74, 6) is 1.95. The molecule has 5 nitrogen and oxygen atoms in total. The van der Waals surface area contributed by atoms with E-state index in [4.69, 9.17) is 4.74 Å². The molecule has 0 amide bonds. The number of phenols is 3. The van der Waals surface area contributed by atoms with Crippen molar-refractivity contribution in [1.82, 2.24) is 0 Å². The number of phenolic OH excluding ortho intramolecular Hbond substituents is 3. The number of rotatable bonds is 5. The molecule has 0 radical (unpaired) electrons. The summed E-state index contributed by atoms with van der Waals surface area (Å²) >= 11 is 0. The van der Waals surface area contributed by atoms with Crippen molar-refractivity contribution in [3.63, 3.8) is 0 Å². The summed E-state index contributed by atoms with van der Waals surface area (Å²) in [6.07, 6.45) is 0. The van der Waals surface area contributed by atoms with Crippen molar-refractivity contribution >= 4 is 17.1 Å². The topological polar surface area (TPSA) is 73.2 Å². The maximum atomic E-state index is 10.6. The summed E-state index contributed by atoms with van der Waals surface area (Å²) < 4.78 is 6.23. The van der Waals surface area contributed by atoms with Gasteiger partial charge in [-0.2, -0.15) is 0 Å². The van der Waals surface area contributed by atoms with Gasteiger partial charge in [0, 0.05) is 22.9 Å². The molecule has 0 heterocycles. The highest BCUT2D eigenvalue weighted by molar-refractivity contribution is 5.83. The van der Waals surface area contributed by atoms with E-state index in [2.05, 4.69) is 0 Å². The first-order valence-corrected chi connectivity index (χ1v) is 11.5. The molecule has 0 aromatic heterocycles. The standard InChI is InChI=1S/C30H31NO4/c1-17-12-25(21(5)28(33)14-17)31(26-13-18(2)15-29(34)22(26)6)23-8-7-9-24(16-23)35-30-11-10-27(32)19(3)20(30)4/h7-16,32-34H,1-6H3. The third kappa shape index (κ3) is 4.62. The van der Waals surface area contributed by atoms with Crippen LogP contribution in [0, 0.1) is 41.5 Å². The van der Waals surface area contributed by atoms with Gasteiger partial charge >= 0.3 is 0 Å². The maximum Gasteiger partial charge on any atom is 0.130 e. The first kappa shape index (κ1) is 24.0. The van der Waals surface area contributed by atoms with Gasteiger partial charge in [-0.05, 0) is 112 Å². The van der Waals surface area contributed by atoms with E-state index in [9.17, 15) is 15.3 Å². The van der Waals surface area contributed by atoms with Gasteiger partial charge in [-0.3, -0.25) is 0 Å². The van der Waals surface area contributed by atoms with Crippen molar-refractivity contribution in [2.45, 2.75) is 41.5 Å². The Bertz CT molecular complexity index is 1370. The average Bonchev–Trinajstić information content (AvgIpc) is 2.81. The summed E-state index contributed by atoms with van der Waals surface area (Å²) in [6, 6.07) is 18.6. The Kier molecular flexibility index (Phi) is 6.35. The first-order valence-electron chi connectivity index (χ1n) is 11.5. The first-order chi connectivity index (χ1) is 16.6. The van der Waals surface area contributed by atoms with Gasteiger partial charge in [0.25, 0.3) is 0 Å². The van der Waals surface area contributed by atoms with Crippen LogP contribution in [0.1, 0.15) is 33.4 Å². The maximum absolute atomic E-state index is 10.6. The Hall–Kier alpha value is -4.12. The van der Waals surface area contributed by atoms with E-state index in [1.165, 1.54) is 0 Å². The highest BCUT2D eigenvalue weighted by atomic mass is 16.5. The normalized spacial score (nSPS) is 10.9. The zero-order valence-electron chi connectivity index (χ0n) is 21.0. The Morgan fingerprint density at radius 3 is 1.71 bits per heavy atom. The molecule has 0 saturated heterocycles. The Labute approximate surface area is 206 Å². The lowest BCUT2D eigenvalue weighted by Crippen LogP contribution is -2.13. The van der Waals surface area contributed by atoms with Crippen molar-refractivity contribution in [2.75, 3.05) is 4.90 Å². The van der Waals surface area contributed by atoms with Crippen molar-refractivity contribution < 1.29 is 20.1 Å². The predicted molar refractivity (Wildman–Crippen MR) is 141 cm³/mol. The molecule has 0 spiro atoms. The minimum Gasteiger partial charge on any atom is -0.508 e. The number of ether oxygens (including phenoxy) is 1. The minimum atomic E-state index is 0.210. The molecule has 0 aliphatic rings. The second kappa shape index (κ2) is 9.26. The third-order valence-corrected chi connectivity index (χ3v) is 6.49. The van der Waals surface area contributed by atoms with Crippen molar-refractivity contribution in [2.24, 2.45) is 0 Å². The highest BCUT2D eigenvalue weighted by Crippen LogP contribution is 2.44. The number of nitrogens with zero attached hydrogens (tertiary/aromatic N) is 1. The Morgan fingerprint density at radius 1 is 0.571 bits per heavy atom. The van der Waals surface area contributed by atoms with Crippen molar-refractivity contribution in [3.05, 3.63) is 94.0 Å². The smallest absolute Gasteiger partial charge is 0.130 e. The fourth-order valence-electron chi connectivity index (χ4n) is 4.22. The van der Waals surface area contributed by atoms with E-state index in [1.54, 1.807) is 24.3 Å². The quantitative estimate of drug-likeness (QED) is 0.277. The average molecular weight is 470 g/mol. The summed E-state index contributed by atoms with van der Waals surface area (Å²) in [7, 11) is 0. The largest absolute Gasteiger partial charge is 0.508 e. The summed E-state index contributed by atoms with van der Waals surface area (Å²) in [6.45, 7) is 11.4. The van der Waals surface area contributed by atoms with E-state index in [1.807, 2.05) is 82.8 Å². The lowest BCUT2D eigenvalue weighted by atomic mass is 10.0. The fourth-order valence-corrected chi connectivity index (χ4v) is 4.22. The fraction of sp³-hybridized carbons (Fsp3) is 0.200. The van der Waals surface area contributed by atoms with E-state index >= 15 is 0 Å². The molecule has 5 heteroatoms. The van der Waals surface area contributed by atoms with Crippen LogP contribution in [-0.2, 0) is 0 Å². The van der Waals surface area contributed by atoms with E-state index < -0.39 is 0 Å². The number of hydrogen-bond acceptors (Lipinski definition) is 5. The zero-order chi connectivity index (χ0) is 25.4. The molecule has 0 saturated carbocycles. The van der Waals surface area contributed by atoms with Crippen molar-refractivity contribution in [3.8, 4) is 28.7 Å². The number of anilines is 3. The summed E-state index contributed by atoms with van der Waals surface area (Å²) in [5.41, 5.74) is 7.38. The molecule has 0 aliphatic heterocycles. The van der Waals surface area contributed by atoms with E-state index in [-0.39, 0.29) is 17.2 Å². The predicted octanol–water partition coefficient (Wildman–Crippen LogP) is 7.92. The lowest BCUT2D eigenvalue weighted by Gasteiger charge is -2.30. The second-order valence-corrected chi connectivity index (χ2v) is 9.12. The van der Waals surface area contributed by atoms with Gasteiger partial charge < -0.3 is 25.0 Å². The Morgan fingerprint density at radius 2 is 1.14 bits per heavy atom. The molecule has 0 aliphatic carbocycles. The summed E-state index contributed by atoms with van der Waals surface area (Å²) in [4.78, 5) is 2.03. The number of aryl methyl sites for hydroxylation is 2. The van der Waals surface area contributed by atoms with Crippen LogP contribution < -0.4 is 9.64 Å². The molecular weight excluding hydrogens is 438 g/mol. The molecule has 0 fully saturated rings. The van der Waals surface area contributed by atoms with Crippen LogP contribution in [0.2, 0.25) is 0 Å². The van der Waals surface area contributed by atoms with Gasteiger partial charge in [-0.1, -0.05) is 6.07 Å². The number of benzene rings is 4. The zero-order valence-corrected chi connectivity index (χ0v) is 21.0. The SMILES string of the molecule is Cc1cc(O)c(C)c(N(c2cccc(Oc3ccc(O)c(C)c3C)c2)c2cc(C)cc(O)c2C)c1. The van der Waals surface area contributed by atoms with Crippen LogP contribution in [0.25, 0.3) is 0 Å². The van der Waals surface area contributed by atoms with Crippen LogP contribution >= 0.6 is 0 Å². The lowest BCUT2D eigenvalue weighted by molar-refractivity contribution is 0.457. The van der Waals surface area contributed by atoms with Crippen LogP contribution in [0.5, 0.6) is 28.7 Å². The third-order valence-electron chi connectivity index (χ3n) is 6.49. The number of hydrogen-bond donors (Lipinski definition) is 3. The van der Waals surface area contributed by atoms with Crippen molar-refractivity contribution in [1.29, 1.82) is 0 Å². The molecule has 3 N–H and O–H groups in total. The van der Waals surface area contributed by atoms with Gasteiger partial charge in [0.15, 0.2) is 0 Å². The van der Waals surface area contributed by atoms with Gasteiger partial charge in [0.05, 0.1) is 11.4 Å². The molecular formula is C30H31NO4. The van der Waals surface area contributed by atoms with E-state index in [0.29, 0.717) is 11.5 Å². The minimum absolute atomic E-state index is 0.210. The monoisotopic (exact) mass is 469 g/mol. The molecule has 4 aromatic rings. The molecule has 0 atom stereocenters. The van der Waals surface area contributed by atoms with Gasteiger partial charge in [-0.15, -0.1) is 0 Å². The van der Waals surface area contributed by atoms with Crippen LogP contribution in [0.4, 0.5) is 17.1 Å². The van der Waals surface area contributed by atoms with Crippen LogP contribution in [0.15, 0.2) is 60.7 Å².